The van der Waals surface area contributed by atoms with E-state index in [0.29, 0.717) is 46.2 Å². The molecular weight excluding hydrogens is 316 g/mol. The smallest absolute Gasteiger partial charge is 0.0718 e. The molecule has 1 aliphatic rings. The third kappa shape index (κ3) is 9.95. The minimum Gasteiger partial charge on any atom is -0.379 e. The number of hydrogen-bond acceptors (Lipinski definition) is 4. The average Bonchev–Trinajstić information content (AvgIpc) is 2.65. The summed E-state index contributed by atoms with van der Waals surface area (Å²) in [5.74, 6) is 1.67. The lowest BCUT2D eigenvalue weighted by atomic mass is 9.83. The third-order valence-corrected chi connectivity index (χ3v) is 4.72. The Bertz CT molecular complexity index is 415. The maximum Gasteiger partial charge on any atom is 0.0718 e. The molecule has 0 saturated heterocycles. The molecule has 0 aromatic heterocycles. The van der Waals surface area contributed by atoms with E-state index >= 15 is 0 Å². The second-order valence-electron chi connectivity index (χ2n) is 6.96. The van der Waals surface area contributed by atoms with Gasteiger partial charge in [-0.2, -0.15) is 0 Å². The van der Waals surface area contributed by atoms with Gasteiger partial charge in [0, 0.05) is 6.61 Å². The van der Waals surface area contributed by atoms with E-state index < -0.39 is 0 Å². The summed E-state index contributed by atoms with van der Waals surface area (Å²) in [6.45, 7) is 7.65. The molecule has 1 aromatic rings. The predicted octanol–water partition coefficient (Wildman–Crippen LogP) is 4.08. The Morgan fingerprint density at radius 2 is 1.28 bits per heavy atom. The van der Waals surface area contributed by atoms with Crippen LogP contribution in [0.25, 0.3) is 0 Å². The van der Waals surface area contributed by atoms with Crippen molar-refractivity contribution in [2.24, 2.45) is 11.8 Å². The molecule has 142 valence electrons. The molecule has 0 N–H and O–H groups in total. The summed E-state index contributed by atoms with van der Waals surface area (Å²) in [5.41, 5.74) is 1.19. The van der Waals surface area contributed by atoms with Gasteiger partial charge in [-0.05, 0) is 30.2 Å². The third-order valence-electron chi connectivity index (χ3n) is 4.72. The van der Waals surface area contributed by atoms with Crippen molar-refractivity contribution in [3.05, 3.63) is 35.9 Å². The van der Waals surface area contributed by atoms with Crippen LogP contribution in [0.3, 0.4) is 0 Å². The average molecular weight is 350 g/mol. The molecule has 25 heavy (non-hydrogen) atoms. The fraction of sp³-hybridized carbons (Fsp3) is 0.714. The summed E-state index contributed by atoms with van der Waals surface area (Å²) >= 11 is 0. The zero-order valence-corrected chi connectivity index (χ0v) is 15.7. The zero-order chi connectivity index (χ0) is 17.6. The molecule has 0 radical (unpaired) electrons. The largest absolute Gasteiger partial charge is 0.379 e. The van der Waals surface area contributed by atoms with E-state index in [0.717, 1.165) is 18.4 Å². The van der Waals surface area contributed by atoms with Crippen LogP contribution in [0.2, 0.25) is 0 Å². The summed E-state index contributed by atoms with van der Waals surface area (Å²) in [6.07, 6.45) is 5.36. The first-order valence-electron chi connectivity index (χ1n) is 9.69. The minimum atomic E-state index is 0.604. The molecule has 1 saturated carbocycles. The fourth-order valence-corrected chi connectivity index (χ4v) is 3.07. The first-order valence-corrected chi connectivity index (χ1v) is 9.69. The monoisotopic (exact) mass is 350 g/mol. The van der Waals surface area contributed by atoms with Crippen molar-refractivity contribution in [3.8, 4) is 0 Å². The van der Waals surface area contributed by atoms with Gasteiger partial charge >= 0.3 is 0 Å². The van der Waals surface area contributed by atoms with Crippen LogP contribution >= 0.6 is 0 Å². The topological polar surface area (TPSA) is 36.9 Å². The lowest BCUT2D eigenvalue weighted by Crippen LogP contribution is -2.19. The van der Waals surface area contributed by atoms with Crippen LogP contribution in [-0.4, -0.2) is 46.2 Å². The molecule has 1 aliphatic carbocycles. The van der Waals surface area contributed by atoms with Crippen molar-refractivity contribution in [2.45, 2.75) is 39.2 Å². The quantitative estimate of drug-likeness (QED) is 0.502. The van der Waals surface area contributed by atoms with Gasteiger partial charge in [-0.3, -0.25) is 0 Å². The van der Waals surface area contributed by atoms with Crippen molar-refractivity contribution in [1.82, 2.24) is 0 Å². The standard InChI is InChI=1S/C21H34O4/c1-19-7-9-21(10-8-19)18-25-16-14-23-12-11-22-13-15-24-17-20-5-3-2-4-6-20/h2-6,19,21H,7-18H2,1H3/t19-,21-. The van der Waals surface area contributed by atoms with Crippen molar-refractivity contribution >= 4 is 0 Å². The second-order valence-corrected chi connectivity index (χ2v) is 6.96. The number of rotatable bonds is 13. The molecule has 0 atom stereocenters. The highest BCUT2D eigenvalue weighted by Crippen LogP contribution is 2.28. The van der Waals surface area contributed by atoms with Gasteiger partial charge in [-0.25, -0.2) is 0 Å². The molecule has 1 aromatic carbocycles. The summed E-state index contributed by atoms with van der Waals surface area (Å²) in [6, 6.07) is 10.2. The highest BCUT2D eigenvalue weighted by Gasteiger charge is 2.17. The van der Waals surface area contributed by atoms with E-state index in [1.54, 1.807) is 0 Å². The molecule has 4 nitrogen and oxygen atoms in total. The summed E-state index contributed by atoms with van der Waals surface area (Å²) in [5, 5.41) is 0. The summed E-state index contributed by atoms with van der Waals surface area (Å²) < 4.78 is 22.3. The number of hydrogen-bond donors (Lipinski definition) is 0. The molecule has 0 heterocycles. The minimum absolute atomic E-state index is 0.604. The maximum atomic E-state index is 5.72. The van der Waals surface area contributed by atoms with E-state index in [9.17, 15) is 0 Å². The maximum absolute atomic E-state index is 5.72. The molecule has 4 heteroatoms. The van der Waals surface area contributed by atoms with Gasteiger partial charge in [-0.1, -0.05) is 50.1 Å². The van der Waals surface area contributed by atoms with Crippen LogP contribution in [0.15, 0.2) is 30.3 Å². The van der Waals surface area contributed by atoms with Crippen molar-refractivity contribution in [1.29, 1.82) is 0 Å². The van der Waals surface area contributed by atoms with Crippen LogP contribution in [0.4, 0.5) is 0 Å². The SMILES string of the molecule is C[C@H]1CC[C@H](COCCOCCOCCOCc2ccccc2)CC1. The lowest BCUT2D eigenvalue weighted by molar-refractivity contribution is -0.00995. The van der Waals surface area contributed by atoms with E-state index in [-0.39, 0.29) is 0 Å². The van der Waals surface area contributed by atoms with Gasteiger partial charge in [0.05, 0.1) is 46.2 Å². The normalized spacial score (nSPS) is 20.7. The Balaban J connectivity index is 1.29. The Morgan fingerprint density at radius 1 is 0.720 bits per heavy atom. The van der Waals surface area contributed by atoms with Crippen LogP contribution < -0.4 is 0 Å². The Kier molecular flexibility index (Phi) is 10.8. The van der Waals surface area contributed by atoms with Gasteiger partial charge in [-0.15, -0.1) is 0 Å². The van der Waals surface area contributed by atoms with Gasteiger partial charge < -0.3 is 18.9 Å². The second kappa shape index (κ2) is 13.3. The van der Waals surface area contributed by atoms with Gasteiger partial charge in [0.25, 0.3) is 0 Å². The van der Waals surface area contributed by atoms with Crippen LogP contribution in [0, 0.1) is 11.8 Å². The Hall–Kier alpha value is -0.940. The summed E-state index contributed by atoms with van der Waals surface area (Å²) in [4.78, 5) is 0. The van der Waals surface area contributed by atoms with Gasteiger partial charge in [0.2, 0.25) is 0 Å². The predicted molar refractivity (Wildman–Crippen MR) is 99.7 cm³/mol. The van der Waals surface area contributed by atoms with Gasteiger partial charge in [0.15, 0.2) is 0 Å². The van der Waals surface area contributed by atoms with Crippen molar-refractivity contribution in [3.63, 3.8) is 0 Å². The Labute approximate surface area is 152 Å². The first kappa shape index (κ1) is 20.4. The highest BCUT2D eigenvalue weighted by molar-refractivity contribution is 5.13. The fourth-order valence-electron chi connectivity index (χ4n) is 3.07. The molecule has 0 amide bonds. The first-order chi connectivity index (χ1) is 12.3. The van der Waals surface area contributed by atoms with E-state index in [4.69, 9.17) is 18.9 Å². The van der Waals surface area contributed by atoms with Crippen LogP contribution in [0.1, 0.15) is 38.2 Å². The van der Waals surface area contributed by atoms with Crippen molar-refractivity contribution < 1.29 is 18.9 Å². The van der Waals surface area contributed by atoms with Gasteiger partial charge in [0.1, 0.15) is 0 Å². The molecule has 0 bridgehead atoms. The molecule has 0 aliphatic heterocycles. The molecule has 0 unspecified atom stereocenters. The highest BCUT2D eigenvalue weighted by atomic mass is 16.6. The zero-order valence-electron chi connectivity index (χ0n) is 15.7. The van der Waals surface area contributed by atoms with E-state index in [1.165, 1.54) is 31.2 Å². The Morgan fingerprint density at radius 3 is 1.92 bits per heavy atom. The van der Waals surface area contributed by atoms with Crippen LogP contribution in [-0.2, 0) is 25.6 Å². The van der Waals surface area contributed by atoms with E-state index in [2.05, 4.69) is 19.1 Å². The number of benzene rings is 1. The molecular formula is C21H34O4. The molecule has 2 rings (SSSR count). The van der Waals surface area contributed by atoms with Crippen molar-refractivity contribution in [2.75, 3.05) is 46.2 Å². The van der Waals surface area contributed by atoms with E-state index in [1.807, 2.05) is 18.2 Å². The molecule has 1 fully saturated rings. The van der Waals surface area contributed by atoms with Crippen LogP contribution in [0.5, 0.6) is 0 Å². The summed E-state index contributed by atoms with van der Waals surface area (Å²) in [7, 11) is 0. The number of ether oxygens (including phenoxy) is 4. The lowest BCUT2D eigenvalue weighted by Gasteiger charge is -2.25. The molecule has 0 spiro atoms.